The predicted octanol–water partition coefficient (Wildman–Crippen LogP) is 2.91. The zero-order chi connectivity index (χ0) is 5.91. The summed E-state index contributed by atoms with van der Waals surface area (Å²) in [7, 11) is 0. The van der Waals surface area contributed by atoms with Gasteiger partial charge in [0.15, 0.2) is 0 Å². The van der Waals surface area contributed by atoms with Crippen molar-refractivity contribution in [3.05, 3.63) is 0 Å². The molecule has 44 valence electrons. The van der Waals surface area contributed by atoms with Crippen LogP contribution in [0, 0.1) is 0 Å². The van der Waals surface area contributed by atoms with Crippen molar-refractivity contribution in [2.45, 2.75) is 0 Å². The van der Waals surface area contributed by atoms with Crippen LogP contribution in [0.25, 0.3) is 0 Å². The average Bonchev–Trinajstić information content (AvgIpc) is 1.68. The Labute approximate surface area is 56.3 Å². The van der Waals surface area contributed by atoms with E-state index in [1.807, 2.05) is 0 Å². The molecule has 0 unspecified atom stereocenters. The fraction of sp³-hybridized carbons (Fsp3) is 1.00. The van der Waals surface area contributed by atoms with E-state index < -0.39 is 4.75 Å². The van der Waals surface area contributed by atoms with Crippen LogP contribution < -0.4 is 0 Å². The third-order valence-electron chi connectivity index (χ3n) is 0.436. The SMILES string of the molecule is CSP(F)(=S)SC. The molecule has 0 aromatic rings. The van der Waals surface area contributed by atoms with Gasteiger partial charge < -0.3 is 0 Å². The number of hydrogen-bond donors (Lipinski definition) is 0. The Morgan fingerprint density at radius 1 is 1.43 bits per heavy atom. The summed E-state index contributed by atoms with van der Waals surface area (Å²) in [4.78, 5) is 0. The van der Waals surface area contributed by atoms with Crippen LogP contribution >= 0.6 is 27.5 Å². The highest BCUT2D eigenvalue weighted by Gasteiger charge is 2.08. The lowest BCUT2D eigenvalue weighted by Gasteiger charge is -2.00. The minimum absolute atomic E-state index is 1.15. The van der Waals surface area contributed by atoms with Gasteiger partial charge >= 0.3 is 0 Å². The van der Waals surface area contributed by atoms with Gasteiger partial charge in [-0.2, -0.15) is 4.20 Å². The molecule has 0 bridgehead atoms. The van der Waals surface area contributed by atoms with E-state index in [-0.39, 0.29) is 0 Å². The molecule has 0 radical (unpaired) electrons. The molecule has 0 aromatic carbocycles. The highest BCUT2D eigenvalue weighted by molar-refractivity contribution is 8.98. The van der Waals surface area contributed by atoms with Gasteiger partial charge in [-0.3, -0.25) is 0 Å². The minimum atomic E-state index is -2.49. The minimum Gasteiger partial charge on any atom is -0.194 e. The largest absolute Gasteiger partial charge is 0.218 e. The van der Waals surface area contributed by atoms with E-state index in [1.54, 1.807) is 12.5 Å². The molecular formula is C2H6FPS3. The molecule has 0 nitrogen and oxygen atoms in total. The monoisotopic (exact) mass is 176 g/mol. The summed E-state index contributed by atoms with van der Waals surface area (Å²) in [5.74, 6) is 0. The van der Waals surface area contributed by atoms with Gasteiger partial charge in [-0.25, -0.2) is 0 Å². The molecule has 0 aliphatic rings. The van der Waals surface area contributed by atoms with Gasteiger partial charge in [-0.05, 0) is 24.3 Å². The molecule has 0 fully saturated rings. The Balaban J connectivity index is 3.61. The van der Waals surface area contributed by atoms with Gasteiger partial charge in [0, 0.05) is 0 Å². The molecule has 7 heavy (non-hydrogen) atoms. The molecule has 0 amide bonds. The summed E-state index contributed by atoms with van der Waals surface area (Å²) in [6.07, 6.45) is 3.41. The van der Waals surface area contributed by atoms with E-state index in [1.165, 1.54) is 0 Å². The molecule has 0 aliphatic carbocycles. The fourth-order valence-electron chi connectivity index (χ4n) is 0.0745. The first-order valence-electron chi connectivity index (χ1n) is 1.53. The maximum atomic E-state index is 12.4. The van der Waals surface area contributed by atoms with E-state index in [4.69, 9.17) is 0 Å². The van der Waals surface area contributed by atoms with Gasteiger partial charge in [0.05, 0.1) is 0 Å². The van der Waals surface area contributed by atoms with Crippen LogP contribution in [0.5, 0.6) is 0 Å². The summed E-state index contributed by atoms with van der Waals surface area (Å²) in [5.41, 5.74) is 0. The van der Waals surface area contributed by atoms with Crippen LogP contribution in [0.3, 0.4) is 0 Å². The lowest BCUT2D eigenvalue weighted by Crippen LogP contribution is -1.48. The van der Waals surface area contributed by atoms with Gasteiger partial charge in [0.1, 0.15) is 0 Å². The van der Waals surface area contributed by atoms with Crippen molar-refractivity contribution in [1.82, 2.24) is 0 Å². The summed E-state index contributed by atoms with van der Waals surface area (Å²) >= 11 is 6.81. The first kappa shape index (κ1) is 8.28. The molecule has 0 aromatic heterocycles. The Kier molecular flexibility index (Phi) is 3.94. The summed E-state index contributed by atoms with van der Waals surface area (Å²) in [6.45, 7) is 0. The average molecular weight is 176 g/mol. The van der Waals surface area contributed by atoms with Crippen molar-refractivity contribution in [2.75, 3.05) is 12.5 Å². The van der Waals surface area contributed by atoms with Crippen LogP contribution in [-0.2, 0) is 11.8 Å². The molecule has 0 N–H and O–H groups in total. The maximum Gasteiger partial charge on any atom is 0.218 e. The topological polar surface area (TPSA) is 0 Å². The van der Waals surface area contributed by atoms with Gasteiger partial charge in [-0.15, -0.1) is 0 Å². The van der Waals surface area contributed by atoms with Crippen LogP contribution in [0.15, 0.2) is 0 Å². The normalized spacial score (nSPS) is 11.9. The molecule has 0 saturated heterocycles. The highest BCUT2D eigenvalue weighted by atomic mass is 33.2. The zero-order valence-electron chi connectivity index (χ0n) is 4.05. The second kappa shape index (κ2) is 3.33. The van der Waals surface area contributed by atoms with Crippen molar-refractivity contribution in [1.29, 1.82) is 0 Å². The quantitative estimate of drug-likeness (QED) is 0.594. The van der Waals surface area contributed by atoms with E-state index in [0.29, 0.717) is 0 Å². The third kappa shape index (κ3) is 3.83. The molecule has 0 atom stereocenters. The summed E-state index contributed by atoms with van der Waals surface area (Å²) in [5, 5.41) is 0. The summed E-state index contributed by atoms with van der Waals surface area (Å²) < 4.78 is 9.91. The fourth-order valence-corrected chi connectivity index (χ4v) is 2.01. The van der Waals surface area contributed by atoms with Gasteiger partial charge in [0.2, 0.25) is 4.75 Å². The number of hydrogen-bond acceptors (Lipinski definition) is 3. The molecule has 0 rings (SSSR count). The smallest absolute Gasteiger partial charge is 0.194 e. The Bertz CT molecular complexity index is 84.9. The van der Waals surface area contributed by atoms with Crippen molar-refractivity contribution in [3.8, 4) is 0 Å². The predicted molar refractivity (Wildman–Crippen MR) is 42.4 cm³/mol. The van der Waals surface area contributed by atoms with Gasteiger partial charge in [0.25, 0.3) is 0 Å². The number of halogens is 1. The first-order valence-corrected chi connectivity index (χ1v) is 7.89. The molecule has 5 heteroatoms. The highest BCUT2D eigenvalue weighted by Crippen LogP contribution is 2.68. The van der Waals surface area contributed by atoms with E-state index in [9.17, 15) is 4.20 Å². The lowest BCUT2D eigenvalue weighted by molar-refractivity contribution is 0.929. The second-order valence-corrected chi connectivity index (χ2v) is 11.2. The molecule has 0 heterocycles. The molecular weight excluding hydrogens is 170 g/mol. The van der Waals surface area contributed by atoms with Gasteiger partial charge in [-0.1, -0.05) is 22.8 Å². The maximum absolute atomic E-state index is 12.4. The number of rotatable bonds is 2. The van der Waals surface area contributed by atoms with Crippen molar-refractivity contribution in [2.24, 2.45) is 0 Å². The standard InChI is InChI=1S/C2H6FPS3/c1-6-4(3,5)7-2/h1-2H3. The molecule has 0 saturated carbocycles. The van der Waals surface area contributed by atoms with Crippen molar-refractivity contribution < 1.29 is 4.20 Å². The van der Waals surface area contributed by atoms with Crippen LogP contribution in [-0.4, -0.2) is 12.5 Å². The zero-order valence-corrected chi connectivity index (χ0v) is 7.39. The lowest BCUT2D eigenvalue weighted by atomic mass is 12.0. The van der Waals surface area contributed by atoms with Crippen LogP contribution in [0.1, 0.15) is 0 Å². The molecule has 0 spiro atoms. The Morgan fingerprint density at radius 2 is 1.71 bits per heavy atom. The second-order valence-electron chi connectivity index (χ2n) is 0.796. The van der Waals surface area contributed by atoms with Crippen LogP contribution in [0.2, 0.25) is 0 Å². The first-order chi connectivity index (χ1) is 3.12. The Morgan fingerprint density at radius 3 is 1.71 bits per heavy atom. The van der Waals surface area contributed by atoms with Crippen LogP contribution in [0.4, 0.5) is 4.20 Å². The van der Waals surface area contributed by atoms with E-state index in [2.05, 4.69) is 11.8 Å². The van der Waals surface area contributed by atoms with E-state index in [0.717, 1.165) is 22.8 Å². The summed E-state index contributed by atoms with van der Waals surface area (Å²) in [6, 6.07) is 0. The molecule has 0 aliphatic heterocycles. The Hall–Kier alpha value is 1.28. The van der Waals surface area contributed by atoms with Crippen molar-refractivity contribution in [3.63, 3.8) is 0 Å². The third-order valence-corrected chi connectivity index (χ3v) is 9.29. The van der Waals surface area contributed by atoms with Crippen molar-refractivity contribution >= 4 is 39.3 Å². The van der Waals surface area contributed by atoms with E-state index >= 15 is 0 Å².